The molecule has 2 N–H and O–H groups in total. The fourth-order valence-corrected chi connectivity index (χ4v) is 5.98. The highest BCUT2D eigenvalue weighted by molar-refractivity contribution is 7.15. The number of anilines is 2. The fourth-order valence-electron chi connectivity index (χ4n) is 5.05. The van der Waals surface area contributed by atoms with Crippen LogP contribution in [0.1, 0.15) is 49.5 Å². The van der Waals surface area contributed by atoms with Gasteiger partial charge >= 0.3 is 0 Å². The summed E-state index contributed by atoms with van der Waals surface area (Å²) in [6.07, 6.45) is 8.22. The molecule has 11 nitrogen and oxygen atoms in total. The van der Waals surface area contributed by atoms with Gasteiger partial charge in [-0.25, -0.2) is 9.67 Å². The van der Waals surface area contributed by atoms with Gasteiger partial charge in [-0.15, -0.1) is 10.2 Å². The summed E-state index contributed by atoms with van der Waals surface area (Å²) in [4.78, 5) is 31.9. The molecule has 3 fully saturated rings. The Kier molecular flexibility index (Phi) is 5.55. The third-order valence-electron chi connectivity index (χ3n) is 7.68. The van der Waals surface area contributed by atoms with Crippen LogP contribution in [0.25, 0.3) is 16.7 Å². The highest BCUT2D eigenvalue weighted by atomic mass is 32.1. The van der Waals surface area contributed by atoms with Gasteiger partial charge in [0.05, 0.1) is 24.0 Å². The lowest BCUT2D eigenvalue weighted by atomic mass is 9.91. The van der Waals surface area contributed by atoms with Crippen LogP contribution in [-0.2, 0) is 11.3 Å². The number of aliphatic hydroxyl groups is 1. The van der Waals surface area contributed by atoms with Crippen LogP contribution >= 0.6 is 11.3 Å². The molecule has 1 amide bonds. The van der Waals surface area contributed by atoms with Crippen LogP contribution in [0.5, 0.6) is 0 Å². The number of fused-ring (bicyclic) bond motifs is 1. The van der Waals surface area contributed by atoms with E-state index >= 15 is 0 Å². The van der Waals surface area contributed by atoms with Gasteiger partial charge in [-0.05, 0) is 62.8 Å². The Hall–Kier alpha value is -3.64. The number of carbonyl (C=O) groups excluding carboxylic acids is 1. The number of piperidine rings is 1. The Morgan fingerprint density at radius 3 is 2.58 bits per heavy atom. The molecule has 2 saturated carbocycles. The van der Waals surface area contributed by atoms with Crippen LogP contribution in [0, 0.1) is 5.92 Å². The van der Waals surface area contributed by atoms with Gasteiger partial charge in [-0.3, -0.25) is 14.2 Å². The van der Waals surface area contributed by atoms with Gasteiger partial charge in [-0.2, -0.15) is 5.10 Å². The monoisotopic (exact) mass is 532 g/mol. The predicted octanol–water partition coefficient (Wildman–Crippen LogP) is 2.82. The number of aromatic nitrogens is 6. The van der Waals surface area contributed by atoms with E-state index in [2.05, 4.69) is 25.6 Å². The summed E-state index contributed by atoms with van der Waals surface area (Å²) in [6.45, 7) is 1.17. The second-order valence-corrected chi connectivity index (χ2v) is 11.7. The van der Waals surface area contributed by atoms with Crippen molar-refractivity contribution in [3.8, 4) is 5.69 Å². The average molecular weight is 533 g/mol. The Morgan fingerprint density at radius 1 is 1.11 bits per heavy atom. The molecule has 0 atom stereocenters. The van der Waals surface area contributed by atoms with E-state index in [4.69, 9.17) is 0 Å². The number of amides is 1. The maximum Gasteiger partial charge on any atom is 0.264 e. The largest absolute Gasteiger partial charge is 0.388 e. The molecule has 196 valence electrons. The van der Waals surface area contributed by atoms with E-state index in [0.29, 0.717) is 42.9 Å². The number of carbonyl (C=O) groups is 1. The van der Waals surface area contributed by atoms with Gasteiger partial charge in [0.2, 0.25) is 11.0 Å². The van der Waals surface area contributed by atoms with Crippen molar-refractivity contribution >= 4 is 39.1 Å². The molecular weight excluding hydrogens is 504 g/mol. The molecule has 12 heteroatoms. The normalized spacial score (nSPS) is 19.1. The van der Waals surface area contributed by atoms with Gasteiger partial charge in [0.25, 0.3) is 5.56 Å². The Bertz CT molecular complexity index is 1560. The third-order valence-corrected chi connectivity index (χ3v) is 8.68. The topological polar surface area (TPSA) is 131 Å². The third kappa shape index (κ3) is 4.47. The maximum absolute atomic E-state index is 13.2. The minimum atomic E-state index is -1.05. The first-order valence-electron chi connectivity index (χ1n) is 13.1. The zero-order chi connectivity index (χ0) is 25.9. The van der Waals surface area contributed by atoms with Crippen molar-refractivity contribution < 1.29 is 9.90 Å². The lowest BCUT2D eigenvalue weighted by Gasteiger charge is -2.38. The zero-order valence-electron chi connectivity index (χ0n) is 20.8. The van der Waals surface area contributed by atoms with Crippen LogP contribution in [0.2, 0.25) is 0 Å². The first-order chi connectivity index (χ1) is 18.5. The standard InChI is InChI=1S/C26H28N8O3S/c35-23(17-3-4-17)32-11-9-26(37,10-12-32)14-33-15-27-21-20(24(33)36)13-28-34(21)19-7-5-18(6-8-19)29-25-31-30-22(38-25)16-1-2-16/h5-8,13,15-17,37H,1-4,9-12,14H2,(H,29,31). The Labute approximate surface area is 222 Å². The van der Waals surface area contributed by atoms with Crippen molar-refractivity contribution in [2.24, 2.45) is 5.92 Å². The van der Waals surface area contributed by atoms with Crippen molar-refractivity contribution in [3.05, 3.63) is 52.2 Å². The van der Waals surface area contributed by atoms with Crippen molar-refractivity contribution in [1.82, 2.24) is 34.4 Å². The summed E-state index contributed by atoms with van der Waals surface area (Å²) < 4.78 is 3.09. The minimum absolute atomic E-state index is 0.139. The summed E-state index contributed by atoms with van der Waals surface area (Å²) in [5.74, 6) is 0.954. The van der Waals surface area contributed by atoms with Gasteiger partial charge in [-0.1, -0.05) is 11.3 Å². The van der Waals surface area contributed by atoms with Crippen LogP contribution in [0.3, 0.4) is 0 Å². The van der Waals surface area contributed by atoms with Crippen molar-refractivity contribution in [2.75, 3.05) is 18.4 Å². The first kappa shape index (κ1) is 23.5. The van der Waals surface area contributed by atoms with Gasteiger partial charge < -0.3 is 15.3 Å². The molecule has 2 aliphatic carbocycles. The van der Waals surface area contributed by atoms with Crippen molar-refractivity contribution in [2.45, 2.75) is 56.6 Å². The molecule has 0 unspecified atom stereocenters. The smallest absolute Gasteiger partial charge is 0.264 e. The molecule has 1 aliphatic heterocycles. The van der Waals surface area contributed by atoms with Gasteiger partial charge in [0.1, 0.15) is 16.7 Å². The highest BCUT2D eigenvalue weighted by Gasteiger charge is 2.39. The van der Waals surface area contributed by atoms with Crippen LogP contribution in [0.15, 0.2) is 41.6 Å². The van der Waals surface area contributed by atoms with E-state index in [1.165, 1.54) is 29.9 Å². The fraction of sp³-hybridized carbons (Fsp3) is 0.462. The molecule has 1 saturated heterocycles. The molecule has 4 heterocycles. The van der Waals surface area contributed by atoms with E-state index in [0.717, 1.165) is 34.4 Å². The summed E-state index contributed by atoms with van der Waals surface area (Å²) in [7, 11) is 0. The molecule has 1 aromatic carbocycles. The van der Waals surface area contributed by atoms with Gasteiger partial charge in [0, 0.05) is 30.6 Å². The average Bonchev–Trinajstić information content (AvgIpc) is 3.86. The molecular formula is C26H28N8O3S. The number of hydrogen-bond donors (Lipinski definition) is 2. The number of nitrogens with one attached hydrogen (secondary N) is 1. The lowest BCUT2D eigenvalue weighted by molar-refractivity contribution is -0.137. The second kappa shape index (κ2) is 8.98. The van der Waals surface area contributed by atoms with Gasteiger partial charge in [0.15, 0.2) is 5.65 Å². The molecule has 7 rings (SSSR count). The van der Waals surface area contributed by atoms with E-state index in [1.807, 2.05) is 29.2 Å². The Balaban J connectivity index is 1.05. The number of likely N-dealkylation sites (tertiary alicyclic amines) is 1. The Morgan fingerprint density at radius 2 is 1.87 bits per heavy atom. The molecule has 4 aromatic rings. The molecule has 0 spiro atoms. The molecule has 0 radical (unpaired) electrons. The number of hydrogen-bond acceptors (Lipinski definition) is 9. The number of rotatable bonds is 7. The van der Waals surface area contributed by atoms with Crippen LogP contribution < -0.4 is 10.9 Å². The van der Waals surface area contributed by atoms with Crippen molar-refractivity contribution in [1.29, 1.82) is 0 Å². The molecule has 3 aliphatic rings. The quantitative estimate of drug-likeness (QED) is 0.372. The SMILES string of the molecule is O=C(C1CC1)N1CCC(O)(Cn2cnc3c(cnn3-c3ccc(Nc4nnc(C5CC5)s4)cc3)c2=O)CC1. The molecule has 0 bridgehead atoms. The van der Waals surface area contributed by atoms with E-state index < -0.39 is 5.60 Å². The van der Waals surface area contributed by atoms with Crippen molar-refractivity contribution in [3.63, 3.8) is 0 Å². The van der Waals surface area contributed by atoms with E-state index in [9.17, 15) is 14.7 Å². The van der Waals surface area contributed by atoms with E-state index in [-0.39, 0.29) is 23.9 Å². The lowest BCUT2D eigenvalue weighted by Crippen LogP contribution is -2.50. The predicted molar refractivity (Wildman–Crippen MR) is 142 cm³/mol. The maximum atomic E-state index is 13.2. The number of benzene rings is 1. The zero-order valence-corrected chi connectivity index (χ0v) is 21.6. The summed E-state index contributed by atoms with van der Waals surface area (Å²) in [6, 6.07) is 7.67. The summed E-state index contributed by atoms with van der Waals surface area (Å²) in [5, 5.41) is 29.6. The molecule has 3 aromatic heterocycles. The first-order valence-corrected chi connectivity index (χ1v) is 13.9. The van der Waals surface area contributed by atoms with E-state index in [1.54, 1.807) is 16.0 Å². The molecule has 38 heavy (non-hydrogen) atoms. The second-order valence-electron chi connectivity index (χ2n) is 10.7. The van der Waals surface area contributed by atoms with Crippen LogP contribution in [0.4, 0.5) is 10.8 Å². The summed E-state index contributed by atoms with van der Waals surface area (Å²) in [5.41, 5.74) is 0.828. The minimum Gasteiger partial charge on any atom is -0.388 e. The summed E-state index contributed by atoms with van der Waals surface area (Å²) >= 11 is 1.59. The van der Waals surface area contributed by atoms with Crippen LogP contribution in [-0.4, -0.2) is 64.1 Å². The highest BCUT2D eigenvalue weighted by Crippen LogP contribution is 2.42. The number of nitrogens with zero attached hydrogens (tertiary/aromatic N) is 7.